The Bertz CT molecular complexity index is 481. The molecule has 5 heteroatoms. The molecule has 0 amide bonds. The van der Waals surface area contributed by atoms with Gasteiger partial charge in [0.05, 0.1) is 6.54 Å². The van der Waals surface area contributed by atoms with Crippen LogP contribution in [-0.4, -0.2) is 16.7 Å². The fraction of sp³-hybridized carbons (Fsp3) is 0.385. The van der Waals surface area contributed by atoms with Crippen LogP contribution in [0.3, 0.4) is 0 Å². The SMILES string of the molecule is CCCNCc1nc(Cc2ccc(Br)cc2)no1. The zero-order valence-electron chi connectivity index (χ0n) is 10.3. The molecule has 0 aliphatic heterocycles. The van der Waals surface area contributed by atoms with Crippen LogP contribution >= 0.6 is 15.9 Å². The maximum atomic E-state index is 5.17. The van der Waals surface area contributed by atoms with Crippen LogP contribution in [0.1, 0.15) is 30.6 Å². The second-order valence-electron chi connectivity index (χ2n) is 4.08. The summed E-state index contributed by atoms with van der Waals surface area (Å²) in [5.41, 5.74) is 1.17. The van der Waals surface area contributed by atoms with Gasteiger partial charge in [-0.05, 0) is 30.7 Å². The van der Waals surface area contributed by atoms with Gasteiger partial charge < -0.3 is 9.84 Å². The van der Waals surface area contributed by atoms with Crippen LogP contribution in [-0.2, 0) is 13.0 Å². The number of aromatic nitrogens is 2. The van der Waals surface area contributed by atoms with Crippen LogP contribution in [0.2, 0.25) is 0 Å². The highest BCUT2D eigenvalue weighted by Gasteiger charge is 2.06. The van der Waals surface area contributed by atoms with E-state index in [1.165, 1.54) is 5.56 Å². The molecule has 18 heavy (non-hydrogen) atoms. The van der Waals surface area contributed by atoms with Crippen LogP contribution < -0.4 is 5.32 Å². The van der Waals surface area contributed by atoms with Gasteiger partial charge >= 0.3 is 0 Å². The number of nitrogens with one attached hydrogen (secondary N) is 1. The van der Waals surface area contributed by atoms with Crippen molar-refractivity contribution in [2.24, 2.45) is 0 Å². The van der Waals surface area contributed by atoms with Crippen molar-refractivity contribution in [1.29, 1.82) is 0 Å². The minimum absolute atomic E-state index is 0.640. The molecule has 4 nitrogen and oxygen atoms in total. The van der Waals surface area contributed by atoms with Crippen molar-refractivity contribution in [3.8, 4) is 0 Å². The van der Waals surface area contributed by atoms with Crippen LogP contribution in [0.5, 0.6) is 0 Å². The summed E-state index contributed by atoms with van der Waals surface area (Å²) in [4.78, 5) is 4.35. The molecule has 0 saturated heterocycles. The highest BCUT2D eigenvalue weighted by molar-refractivity contribution is 9.10. The first-order valence-electron chi connectivity index (χ1n) is 6.04. The zero-order valence-corrected chi connectivity index (χ0v) is 11.9. The molecular formula is C13H16BrN3O. The number of rotatable bonds is 6. The normalized spacial score (nSPS) is 10.8. The third kappa shape index (κ3) is 3.92. The monoisotopic (exact) mass is 309 g/mol. The van der Waals surface area contributed by atoms with Crippen molar-refractivity contribution in [2.75, 3.05) is 6.54 Å². The van der Waals surface area contributed by atoms with E-state index in [0.29, 0.717) is 18.9 Å². The van der Waals surface area contributed by atoms with Crippen molar-refractivity contribution in [2.45, 2.75) is 26.3 Å². The average molecular weight is 310 g/mol. The maximum Gasteiger partial charge on any atom is 0.240 e. The van der Waals surface area contributed by atoms with E-state index in [-0.39, 0.29) is 0 Å². The fourth-order valence-corrected chi connectivity index (χ4v) is 1.86. The summed E-state index contributed by atoms with van der Waals surface area (Å²) in [7, 11) is 0. The number of nitrogens with zero attached hydrogens (tertiary/aromatic N) is 2. The van der Waals surface area contributed by atoms with Gasteiger partial charge in [-0.15, -0.1) is 0 Å². The predicted molar refractivity (Wildman–Crippen MR) is 73.2 cm³/mol. The molecule has 0 aliphatic rings. The molecule has 0 fully saturated rings. The molecule has 2 aromatic rings. The molecule has 1 heterocycles. The standard InChI is InChI=1S/C13H16BrN3O/c1-2-7-15-9-13-16-12(17-18-13)8-10-3-5-11(14)6-4-10/h3-6,15H,2,7-9H2,1H3. The molecule has 0 atom stereocenters. The summed E-state index contributed by atoms with van der Waals surface area (Å²) >= 11 is 3.41. The number of halogens is 1. The smallest absolute Gasteiger partial charge is 0.240 e. The van der Waals surface area contributed by atoms with Crippen molar-refractivity contribution in [3.63, 3.8) is 0 Å². The third-order valence-corrected chi connectivity index (χ3v) is 3.02. The van der Waals surface area contributed by atoms with Crippen molar-refractivity contribution in [3.05, 3.63) is 46.0 Å². The van der Waals surface area contributed by atoms with Gasteiger partial charge in [0.25, 0.3) is 0 Å². The van der Waals surface area contributed by atoms with E-state index < -0.39 is 0 Å². The molecule has 1 aromatic heterocycles. The molecule has 0 aliphatic carbocycles. The minimum atomic E-state index is 0.640. The maximum absolute atomic E-state index is 5.17. The first-order valence-corrected chi connectivity index (χ1v) is 6.84. The summed E-state index contributed by atoms with van der Waals surface area (Å²) < 4.78 is 6.25. The molecule has 96 valence electrons. The lowest BCUT2D eigenvalue weighted by Gasteiger charge is -1.97. The Balaban J connectivity index is 1.91. The van der Waals surface area contributed by atoms with Gasteiger partial charge in [0.15, 0.2) is 5.82 Å². The summed E-state index contributed by atoms with van der Waals surface area (Å²) in [6.07, 6.45) is 1.80. The Morgan fingerprint density at radius 1 is 1.28 bits per heavy atom. The fourth-order valence-electron chi connectivity index (χ4n) is 1.59. The average Bonchev–Trinajstić information content (AvgIpc) is 2.80. The third-order valence-electron chi connectivity index (χ3n) is 2.49. The van der Waals surface area contributed by atoms with Gasteiger partial charge in [0.1, 0.15) is 0 Å². The lowest BCUT2D eigenvalue weighted by Crippen LogP contribution is -2.13. The first-order chi connectivity index (χ1) is 8.78. The van der Waals surface area contributed by atoms with E-state index in [0.717, 1.165) is 23.3 Å². The number of hydrogen-bond acceptors (Lipinski definition) is 4. The molecule has 0 bridgehead atoms. The Hall–Kier alpha value is -1.20. The van der Waals surface area contributed by atoms with Gasteiger partial charge in [-0.3, -0.25) is 0 Å². The molecule has 1 aromatic carbocycles. The van der Waals surface area contributed by atoms with Crippen LogP contribution in [0.15, 0.2) is 33.3 Å². The van der Waals surface area contributed by atoms with E-state index in [2.05, 4.69) is 50.4 Å². The lowest BCUT2D eigenvalue weighted by atomic mass is 10.1. The Kier molecular flexibility index (Phi) is 4.90. The zero-order chi connectivity index (χ0) is 12.8. The summed E-state index contributed by atoms with van der Waals surface area (Å²) in [5, 5.41) is 7.21. The number of benzene rings is 1. The molecule has 0 unspecified atom stereocenters. The van der Waals surface area contributed by atoms with Gasteiger partial charge in [-0.1, -0.05) is 40.1 Å². The van der Waals surface area contributed by atoms with E-state index in [9.17, 15) is 0 Å². The first kappa shape index (κ1) is 13.2. The molecule has 0 spiro atoms. The molecule has 0 radical (unpaired) electrons. The minimum Gasteiger partial charge on any atom is -0.338 e. The Morgan fingerprint density at radius 2 is 2.06 bits per heavy atom. The second kappa shape index (κ2) is 6.66. The van der Waals surface area contributed by atoms with E-state index in [4.69, 9.17) is 4.52 Å². The molecule has 1 N–H and O–H groups in total. The topological polar surface area (TPSA) is 51.0 Å². The van der Waals surface area contributed by atoms with Gasteiger partial charge in [0, 0.05) is 10.9 Å². The Labute approximate surface area is 115 Å². The lowest BCUT2D eigenvalue weighted by molar-refractivity contribution is 0.363. The molecular weight excluding hydrogens is 294 g/mol. The molecule has 2 rings (SSSR count). The van der Waals surface area contributed by atoms with Crippen LogP contribution in [0.4, 0.5) is 0 Å². The van der Waals surface area contributed by atoms with Gasteiger partial charge in [-0.2, -0.15) is 4.98 Å². The van der Waals surface area contributed by atoms with Crippen molar-refractivity contribution < 1.29 is 4.52 Å². The van der Waals surface area contributed by atoms with Gasteiger partial charge in [-0.25, -0.2) is 0 Å². The summed E-state index contributed by atoms with van der Waals surface area (Å²) in [6.45, 7) is 3.73. The van der Waals surface area contributed by atoms with Gasteiger partial charge in [0.2, 0.25) is 5.89 Å². The van der Waals surface area contributed by atoms with Crippen molar-refractivity contribution in [1.82, 2.24) is 15.5 Å². The van der Waals surface area contributed by atoms with E-state index >= 15 is 0 Å². The largest absolute Gasteiger partial charge is 0.338 e. The second-order valence-corrected chi connectivity index (χ2v) is 5.00. The summed E-state index contributed by atoms with van der Waals surface area (Å²) in [6, 6.07) is 8.13. The summed E-state index contributed by atoms with van der Waals surface area (Å²) in [5.74, 6) is 1.38. The highest BCUT2D eigenvalue weighted by atomic mass is 79.9. The quantitative estimate of drug-likeness (QED) is 0.834. The van der Waals surface area contributed by atoms with Crippen LogP contribution in [0.25, 0.3) is 0 Å². The van der Waals surface area contributed by atoms with E-state index in [1.807, 2.05) is 12.1 Å². The number of hydrogen-bond donors (Lipinski definition) is 1. The Morgan fingerprint density at radius 3 is 2.78 bits per heavy atom. The predicted octanol–water partition coefficient (Wildman–Crippen LogP) is 2.92. The highest BCUT2D eigenvalue weighted by Crippen LogP contribution is 2.12. The van der Waals surface area contributed by atoms with Crippen molar-refractivity contribution >= 4 is 15.9 Å². The molecule has 0 saturated carbocycles. The van der Waals surface area contributed by atoms with Crippen LogP contribution in [0, 0.1) is 0 Å². The van der Waals surface area contributed by atoms with E-state index in [1.54, 1.807) is 0 Å².